The molecule has 0 spiro atoms. The third-order valence-electron chi connectivity index (χ3n) is 5.27. The largest absolute Gasteiger partial charge is 0.497 e. The van der Waals surface area contributed by atoms with Crippen LogP contribution in [0.15, 0.2) is 60.3 Å². The van der Waals surface area contributed by atoms with Gasteiger partial charge in [-0.25, -0.2) is 0 Å². The number of piperazine rings is 2. The highest BCUT2D eigenvalue weighted by Gasteiger charge is 2.67. The van der Waals surface area contributed by atoms with Crippen molar-refractivity contribution in [2.24, 2.45) is 0 Å². The molecular formula is C22H21N3O4. The number of nitrogens with zero attached hydrogens (tertiary/aromatic N) is 1. The number of hydrogen-bond donors (Lipinski definition) is 2. The van der Waals surface area contributed by atoms with Crippen molar-refractivity contribution in [3.63, 3.8) is 0 Å². The number of β-lactam (4-membered cyclic amide) rings is 1. The molecule has 4 rings (SSSR count). The molecule has 2 aromatic carbocycles. The highest BCUT2D eigenvalue weighted by Crippen LogP contribution is 2.46. The number of rotatable bonds is 5. The van der Waals surface area contributed by atoms with E-state index in [9.17, 15) is 14.4 Å². The van der Waals surface area contributed by atoms with Crippen molar-refractivity contribution < 1.29 is 19.1 Å². The number of fused-ring (bicyclic) bond motifs is 2. The molecule has 2 aliphatic rings. The topological polar surface area (TPSA) is 87.7 Å². The lowest BCUT2D eigenvalue weighted by atomic mass is 9.77. The van der Waals surface area contributed by atoms with E-state index >= 15 is 0 Å². The Hall–Kier alpha value is -3.61. The van der Waals surface area contributed by atoms with Gasteiger partial charge in [-0.3, -0.25) is 19.3 Å². The first-order valence-corrected chi connectivity index (χ1v) is 9.38. The summed E-state index contributed by atoms with van der Waals surface area (Å²) in [6, 6.07) is 15.5. The number of benzene rings is 2. The third kappa shape index (κ3) is 2.86. The first kappa shape index (κ1) is 18.7. The van der Waals surface area contributed by atoms with Crippen LogP contribution in [0.5, 0.6) is 5.75 Å². The lowest BCUT2D eigenvalue weighted by Gasteiger charge is -2.60. The Balaban J connectivity index is 1.81. The van der Waals surface area contributed by atoms with Crippen molar-refractivity contribution >= 4 is 23.8 Å². The summed E-state index contributed by atoms with van der Waals surface area (Å²) >= 11 is 0. The van der Waals surface area contributed by atoms with E-state index in [4.69, 9.17) is 4.74 Å². The average molecular weight is 391 g/mol. The van der Waals surface area contributed by atoms with Gasteiger partial charge in [-0.15, -0.1) is 0 Å². The van der Waals surface area contributed by atoms with Crippen LogP contribution in [0.25, 0.3) is 6.08 Å². The molecule has 0 radical (unpaired) electrons. The maximum Gasteiger partial charge on any atom is 0.268 e. The van der Waals surface area contributed by atoms with Crippen molar-refractivity contribution in [2.75, 3.05) is 7.11 Å². The molecule has 2 N–H and O–H groups in total. The molecule has 2 aliphatic heterocycles. The maximum absolute atomic E-state index is 12.8. The van der Waals surface area contributed by atoms with Gasteiger partial charge in [0.2, 0.25) is 5.91 Å². The first-order valence-electron chi connectivity index (χ1n) is 9.38. The second kappa shape index (κ2) is 7.09. The molecule has 29 heavy (non-hydrogen) atoms. The molecule has 0 aliphatic carbocycles. The van der Waals surface area contributed by atoms with Crippen molar-refractivity contribution in [1.82, 2.24) is 15.5 Å². The number of carbonyl (C=O) groups is 3. The lowest BCUT2D eigenvalue weighted by molar-refractivity contribution is -0.176. The van der Waals surface area contributed by atoms with E-state index in [1.165, 1.54) is 4.90 Å². The van der Waals surface area contributed by atoms with Gasteiger partial charge in [0.25, 0.3) is 11.8 Å². The van der Waals surface area contributed by atoms with Gasteiger partial charge in [-0.1, -0.05) is 49.4 Å². The molecule has 2 aromatic rings. The molecule has 2 fully saturated rings. The number of methoxy groups -OCH3 is 1. The molecule has 3 amide bonds. The minimum Gasteiger partial charge on any atom is -0.497 e. The van der Waals surface area contributed by atoms with Crippen LogP contribution < -0.4 is 15.4 Å². The fourth-order valence-electron chi connectivity index (χ4n) is 3.80. The van der Waals surface area contributed by atoms with Crippen LogP contribution in [0.1, 0.15) is 24.5 Å². The maximum atomic E-state index is 12.8. The predicted octanol–water partition coefficient (Wildman–Crippen LogP) is 1.76. The average Bonchev–Trinajstić information content (AvgIpc) is 2.76. The van der Waals surface area contributed by atoms with Crippen molar-refractivity contribution in [1.29, 1.82) is 0 Å². The van der Waals surface area contributed by atoms with Crippen LogP contribution in [0.2, 0.25) is 0 Å². The van der Waals surface area contributed by atoms with Gasteiger partial charge >= 0.3 is 0 Å². The Bertz CT molecular complexity index is 1000. The molecule has 2 bridgehead atoms. The van der Waals surface area contributed by atoms with Crippen LogP contribution in [0.4, 0.5) is 0 Å². The molecular weight excluding hydrogens is 370 g/mol. The Morgan fingerprint density at radius 2 is 1.86 bits per heavy atom. The Kier molecular flexibility index (Phi) is 4.58. The zero-order chi connectivity index (χ0) is 20.6. The Morgan fingerprint density at radius 3 is 2.48 bits per heavy atom. The summed E-state index contributed by atoms with van der Waals surface area (Å²) in [7, 11) is 1.57. The summed E-state index contributed by atoms with van der Waals surface area (Å²) in [5, 5.41) is 5.74. The third-order valence-corrected chi connectivity index (χ3v) is 5.27. The summed E-state index contributed by atoms with van der Waals surface area (Å²) in [4.78, 5) is 39.3. The molecule has 2 atom stereocenters. The second-order valence-corrected chi connectivity index (χ2v) is 6.92. The molecule has 7 nitrogen and oxygen atoms in total. The number of ether oxygens (including phenoxy) is 1. The van der Waals surface area contributed by atoms with Crippen LogP contribution in [-0.4, -0.2) is 35.8 Å². The molecule has 2 saturated heterocycles. The Morgan fingerprint density at radius 1 is 1.17 bits per heavy atom. The summed E-state index contributed by atoms with van der Waals surface area (Å²) in [6.07, 6.45) is 1.90. The summed E-state index contributed by atoms with van der Waals surface area (Å²) in [6.45, 7) is 1.74. The van der Waals surface area contributed by atoms with Crippen molar-refractivity contribution in [3.05, 3.63) is 71.4 Å². The molecule has 2 heterocycles. The quantitative estimate of drug-likeness (QED) is 0.601. The first-order chi connectivity index (χ1) is 14.0. The highest BCUT2D eigenvalue weighted by molar-refractivity contribution is 6.12. The van der Waals surface area contributed by atoms with Crippen LogP contribution in [0.3, 0.4) is 0 Å². The molecule has 148 valence electrons. The molecule has 0 saturated carbocycles. The molecule has 0 aromatic heterocycles. The normalized spacial score (nSPS) is 24.0. The van der Waals surface area contributed by atoms with E-state index in [0.29, 0.717) is 5.75 Å². The van der Waals surface area contributed by atoms with Gasteiger partial charge in [-0.05, 0) is 23.8 Å². The van der Waals surface area contributed by atoms with E-state index < -0.39 is 11.7 Å². The van der Waals surface area contributed by atoms with Crippen LogP contribution in [-0.2, 0) is 20.0 Å². The van der Waals surface area contributed by atoms with E-state index in [1.807, 2.05) is 30.3 Å². The van der Waals surface area contributed by atoms with Gasteiger partial charge in [-0.2, -0.15) is 0 Å². The summed E-state index contributed by atoms with van der Waals surface area (Å²) in [5.74, 6) is -0.141. The summed E-state index contributed by atoms with van der Waals surface area (Å²) < 4.78 is 5.16. The van der Waals surface area contributed by atoms with E-state index in [1.54, 1.807) is 44.4 Å². The lowest BCUT2D eigenvalue weighted by Crippen LogP contribution is -2.86. The zero-order valence-electron chi connectivity index (χ0n) is 16.1. The predicted molar refractivity (Wildman–Crippen MR) is 106 cm³/mol. The minimum absolute atomic E-state index is 0.183. The van der Waals surface area contributed by atoms with Gasteiger partial charge in [0.15, 0.2) is 11.7 Å². The molecule has 2 unspecified atom stereocenters. The summed E-state index contributed by atoms with van der Waals surface area (Å²) in [5.41, 5.74) is 0.505. The second-order valence-electron chi connectivity index (χ2n) is 6.92. The van der Waals surface area contributed by atoms with E-state index in [2.05, 4.69) is 10.6 Å². The van der Waals surface area contributed by atoms with Crippen molar-refractivity contribution in [3.8, 4) is 5.75 Å². The SMILES string of the molecule is CCC(=O)NC1(c2ccccc2)C2NC(=O)C(=Cc3ccc(OC)cc3)N1C2=O. The number of nitrogens with one attached hydrogen (secondary N) is 2. The van der Waals surface area contributed by atoms with Crippen LogP contribution >= 0.6 is 0 Å². The number of hydrogen-bond acceptors (Lipinski definition) is 4. The molecule has 7 heteroatoms. The van der Waals surface area contributed by atoms with E-state index in [-0.39, 0.29) is 29.8 Å². The fourth-order valence-corrected chi connectivity index (χ4v) is 3.80. The highest BCUT2D eigenvalue weighted by atomic mass is 16.5. The van der Waals surface area contributed by atoms with Crippen molar-refractivity contribution in [2.45, 2.75) is 25.0 Å². The van der Waals surface area contributed by atoms with Gasteiger partial charge in [0.05, 0.1) is 7.11 Å². The Labute approximate surface area is 168 Å². The van der Waals surface area contributed by atoms with Gasteiger partial charge < -0.3 is 15.4 Å². The van der Waals surface area contributed by atoms with E-state index in [0.717, 1.165) is 11.1 Å². The number of carbonyl (C=O) groups excluding carboxylic acids is 3. The van der Waals surface area contributed by atoms with Crippen LogP contribution in [0, 0.1) is 0 Å². The smallest absolute Gasteiger partial charge is 0.268 e. The van der Waals surface area contributed by atoms with Gasteiger partial charge in [0.1, 0.15) is 11.4 Å². The minimum atomic E-state index is -1.14. The standard InChI is InChI=1S/C22H21N3O4/c1-3-18(26)24-22(15-7-5-4-6-8-15)19-21(28)25(22)17(20(27)23-19)13-14-9-11-16(29-2)12-10-14/h4-13,19H,3H2,1-2H3,(H,23,27)(H,24,26). The fraction of sp³-hybridized carbons (Fsp3) is 0.227. The van der Waals surface area contributed by atoms with Gasteiger partial charge in [0, 0.05) is 12.0 Å². The zero-order valence-corrected chi connectivity index (χ0v) is 16.1. The number of amides is 3. The monoisotopic (exact) mass is 391 g/mol.